The van der Waals surface area contributed by atoms with Gasteiger partial charge in [-0.25, -0.2) is 0 Å². The number of nitrogens with one attached hydrogen (secondary N) is 1. The van der Waals surface area contributed by atoms with E-state index in [1.54, 1.807) is 24.3 Å². The fourth-order valence-corrected chi connectivity index (χ4v) is 7.30. The van der Waals surface area contributed by atoms with Gasteiger partial charge in [-0.05, 0) is 36.5 Å². The van der Waals surface area contributed by atoms with Crippen LogP contribution in [-0.2, 0) is 19.2 Å². The van der Waals surface area contributed by atoms with Crippen LogP contribution in [0.3, 0.4) is 0 Å². The highest BCUT2D eigenvalue weighted by Gasteiger charge is 2.75. The summed E-state index contributed by atoms with van der Waals surface area (Å²) in [6, 6.07) is 4.74. The van der Waals surface area contributed by atoms with Gasteiger partial charge >= 0.3 is 0 Å². The topological polar surface area (TPSA) is 113 Å². The number of hydrogen-bond donors (Lipinski definition) is 2. The van der Waals surface area contributed by atoms with Crippen molar-refractivity contribution in [1.82, 2.24) is 10.2 Å². The van der Waals surface area contributed by atoms with Gasteiger partial charge in [0.15, 0.2) is 21.2 Å². The summed E-state index contributed by atoms with van der Waals surface area (Å²) in [5.74, 6) is -4.38. The maximum atomic E-state index is 13.5. The second kappa shape index (κ2) is 8.35. The molecular formula is C24H21BrCl2N2O6. The molecule has 2 aliphatic heterocycles. The van der Waals surface area contributed by atoms with Crippen molar-refractivity contribution in [1.29, 1.82) is 0 Å². The summed E-state index contributed by atoms with van der Waals surface area (Å²) in [6.45, 7) is 0. The SMILES string of the molecule is COc1cc(C=CC2C3=CCC4C(=O)NC(=O)C4C3CC3(Cl)C(=O)N(CBr)C(=O)C23Cl)ccc1O. The van der Waals surface area contributed by atoms with Crippen molar-refractivity contribution in [2.75, 3.05) is 12.6 Å². The largest absolute Gasteiger partial charge is 0.504 e. The van der Waals surface area contributed by atoms with E-state index in [0.29, 0.717) is 17.6 Å². The van der Waals surface area contributed by atoms with Crippen molar-refractivity contribution < 1.29 is 29.0 Å². The van der Waals surface area contributed by atoms with E-state index in [9.17, 15) is 24.3 Å². The number of nitrogens with zero attached hydrogens (tertiary/aromatic N) is 1. The maximum Gasteiger partial charge on any atom is 0.254 e. The van der Waals surface area contributed by atoms with Crippen molar-refractivity contribution in [2.24, 2.45) is 23.7 Å². The van der Waals surface area contributed by atoms with Gasteiger partial charge < -0.3 is 9.84 Å². The predicted molar refractivity (Wildman–Crippen MR) is 131 cm³/mol. The quantitative estimate of drug-likeness (QED) is 0.244. The van der Waals surface area contributed by atoms with Crippen LogP contribution in [-0.4, -0.2) is 55.9 Å². The Labute approximate surface area is 219 Å². The van der Waals surface area contributed by atoms with E-state index in [1.165, 1.54) is 13.2 Å². The molecule has 1 aromatic rings. The smallest absolute Gasteiger partial charge is 0.254 e. The monoisotopic (exact) mass is 582 g/mol. The van der Waals surface area contributed by atoms with Crippen LogP contribution >= 0.6 is 39.1 Å². The van der Waals surface area contributed by atoms with Crippen LogP contribution in [0.2, 0.25) is 0 Å². The van der Waals surface area contributed by atoms with Gasteiger partial charge in [0.1, 0.15) is 0 Å². The molecule has 4 aliphatic rings. The molecule has 0 radical (unpaired) electrons. The minimum atomic E-state index is -1.83. The molecule has 2 saturated heterocycles. The highest BCUT2D eigenvalue weighted by molar-refractivity contribution is 9.09. The average molecular weight is 584 g/mol. The molecule has 0 bridgehead atoms. The van der Waals surface area contributed by atoms with Gasteiger partial charge in [0.25, 0.3) is 11.8 Å². The van der Waals surface area contributed by atoms with E-state index in [0.717, 1.165) is 4.90 Å². The average Bonchev–Trinajstić information content (AvgIpc) is 3.20. The van der Waals surface area contributed by atoms with Crippen molar-refractivity contribution >= 4 is 68.8 Å². The van der Waals surface area contributed by atoms with E-state index in [4.69, 9.17) is 27.9 Å². The van der Waals surface area contributed by atoms with Gasteiger partial charge in [0.2, 0.25) is 11.8 Å². The number of fused-ring (bicyclic) bond motifs is 4. The Morgan fingerprint density at radius 1 is 1.20 bits per heavy atom. The Bertz CT molecular complexity index is 1230. The zero-order chi connectivity index (χ0) is 25.3. The molecule has 2 aliphatic carbocycles. The molecule has 1 saturated carbocycles. The summed E-state index contributed by atoms with van der Waals surface area (Å²) < 4.78 is 5.17. The third-order valence-corrected chi connectivity index (χ3v) is 9.53. The zero-order valence-corrected chi connectivity index (χ0v) is 21.6. The standard InChI is InChI=1S/C24H21BrCl2N2O6/c1-35-17-8-11(3-7-16(17)30)2-6-15-12-4-5-13-18(20(32)28-19(13)31)14(12)9-23(26)21(33)29(10-25)22(34)24(15,23)27/h2-4,6-8,13-15,18,30H,5,9-10H2,1H3,(H,28,31,32). The molecule has 6 unspecified atom stereocenters. The van der Waals surface area contributed by atoms with Crippen LogP contribution in [0.5, 0.6) is 11.5 Å². The summed E-state index contributed by atoms with van der Waals surface area (Å²) in [5.41, 5.74) is 1.29. The minimum Gasteiger partial charge on any atom is -0.504 e. The number of carbonyl (C=O) groups is 4. The Kier molecular flexibility index (Phi) is 5.81. The van der Waals surface area contributed by atoms with E-state index < -0.39 is 51.1 Å². The number of allylic oxidation sites excluding steroid dienone is 3. The molecule has 1 aromatic carbocycles. The molecule has 0 spiro atoms. The van der Waals surface area contributed by atoms with Crippen LogP contribution in [0.25, 0.3) is 6.08 Å². The first-order chi connectivity index (χ1) is 16.6. The van der Waals surface area contributed by atoms with Crippen LogP contribution in [0.1, 0.15) is 18.4 Å². The summed E-state index contributed by atoms with van der Waals surface area (Å²) in [7, 11) is 1.43. The molecule has 2 N–H and O–H groups in total. The summed E-state index contributed by atoms with van der Waals surface area (Å²) in [6.07, 6.45) is 5.53. The van der Waals surface area contributed by atoms with Crippen molar-refractivity contribution in [2.45, 2.75) is 22.6 Å². The van der Waals surface area contributed by atoms with Crippen LogP contribution in [0.4, 0.5) is 0 Å². The Morgan fingerprint density at radius 2 is 1.94 bits per heavy atom. The predicted octanol–water partition coefficient (Wildman–Crippen LogP) is 2.95. The third-order valence-electron chi connectivity index (χ3n) is 7.60. The molecule has 2 heterocycles. The second-order valence-corrected chi connectivity index (χ2v) is 10.9. The van der Waals surface area contributed by atoms with E-state index in [2.05, 4.69) is 21.2 Å². The van der Waals surface area contributed by atoms with Gasteiger partial charge in [0.05, 0.1) is 24.4 Å². The number of ether oxygens (including phenoxy) is 1. The van der Waals surface area contributed by atoms with Gasteiger partial charge in [-0.2, -0.15) is 0 Å². The number of methoxy groups -OCH3 is 1. The van der Waals surface area contributed by atoms with Gasteiger partial charge in [-0.1, -0.05) is 45.8 Å². The number of rotatable bonds is 4. The number of aromatic hydroxyl groups is 1. The number of imide groups is 2. The lowest BCUT2D eigenvalue weighted by Gasteiger charge is -2.49. The Morgan fingerprint density at radius 3 is 2.63 bits per heavy atom. The summed E-state index contributed by atoms with van der Waals surface area (Å²) in [5, 5.41) is 12.3. The van der Waals surface area contributed by atoms with Crippen molar-refractivity contribution in [3.63, 3.8) is 0 Å². The van der Waals surface area contributed by atoms with E-state index in [-0.39, 0.29) is 29.3 Å². The molecule has 5 rings (SSSR count). The molecule has 6 atom stereocenters. The fourth-order valence-electron chi connectivity index (χ4n) is 5.92. The van der Waals surface area contributed by atoms with Crippen LogP contribution < -0.4 is 10.1 Å². The minimum absolute atomic E-state index is 0.0292. The first-order valence-corrected chi connectivity index (χ1v) is 12.9. The number of likely N-dealkylation sites (tertiary alicyclic amines) is 1. The summed E-state index contributed by atoms with van der Waals surface area (Å²) >= 11 is 17.2. The fraction of sp³-hybridized carbons (Fsp3) is 0.417. The number of hydrogen-bond acceptors (Lipinski definition) is 6. The van der Waals surface area contributed by atoms with Gasteiger partial charge in [-0.3, -0.25) is 29.4 Å². The first kappa shape index (κ1) is 24.3. The molecule has 8 nitrogen and oxygen atoms in total. The van der Waals surface area contributed by atoms with Crippen molar-refractivity contribution in [3.05, 3.63) is 41.5 Å². The van der Waals surface area contributed by atoms with Crippen LogP contribution in [0, 0.1) is 23.7 Å². The molecule has 35 heavy (non-hydrogen) atoms. The number of alkyl halides is 3. The maximum absolute atomic E-state index is 13.5. The molecular weight excluding hydrogens is 563 g/mol. The second-order valence-electron chi connectivity index (χ2n) is 9.18. The van der Waals surface area contributed by atoms with E-state index >= 15 is 0 Å². The highest BCUT2D eigenvalue weighted by atomic mass is 79.9. The Hall–Kier alpha value is -2.36. The number of phenolic OH excluding ortho intramolecular Hbond substituents is 1. The van der Waals surface area contributed by atoms with Gasteiger partial charge in [-0.15, -0.1) is 23.2 Å². The number of carbonyl (C=O) groups excluding carboxylic acids is 4. The number of amides is 4. The number of halogens is 3. The molecule has 11 heteroatoms. The summed E-state index contributed by atoms with van der Waals surface area (Å²) in [4.78, 5) is 49.3. The zero-order valence-electron chi connectivity index (χ0n) is 18.5. The number of benzene rings is 1. The van der Waals surface area contributed by atoms with E-state index in [1.807, 2.05) is 6.08 Å². The normalized spacial score (nSPS) is 36.1. The van der Waals surface area contributed by atoms with Crippen LogP contribution in [0.15, 0.2) is 35.9 Å². The Balaban J connectivity index is 1.65. The molecule has 4 amide bonds. The lowest BCUT2D eigenvalue weighted by atomic mass is 9.57. The number of phenols is 1. The third kappa shape index (κ3) is 3.24. The van der Waals surface area contributed by atoms with Gasteiger partial charge in [0, 0.05) is 5.92 Å². The lowest BCUT2D eigenvalue weighted by Crippen LogP contribution is -2.60. The van der Waals surface area contributed by atoms with Crippen molar-refractivity contribution in [3.8, 4) is 11.5 Å². The first-order valence-electron chi connectivity index (χ1n) is 11.0. The molecule has 184 valence electrons. The molecule has 0 aromatic heterocycles. The highest BCUT2D eigenvalue weighted by Crippen LogP contribution is 2.62. The molecule has 3 fully saturated rings. The lowest BCUT2D eigenvalue weighted by molar-refractivity contribution is -0.138.